The van der Waals surface area contributed by atoms with Gasteiger partial charge in [0, 0.05) is 30.6 Å². The Morgan fingerprint density at radius 2 is 1.90 bits per heavy atom. The molecule has 1 N–H and O–H groups in total. The highest BCUT2D eigenvalue weighted by atomic mass is 16.5. The topological polar surface area (TPSA) is 82.6 Å². The molecule has 2 atom stereocenters. The van der Waals surface area contributed by atoms with Crippen LogP contribution in [0, 0.1) is 11.8 Å². The first-order valence-corrected chi connectivity index (χ1v) is 10.4. The van der Waals surface area contributed by atoms with Crippen molar-refractivity contribution in [2.24, 2.45) is 11.8 Å². The molecule has 31 heavy (non-hydrogen) atoms. The average Bonchev–Trinajstić information content (AvgIpc) is 3.22. The predicted octanol–water partition coefficient (Wildman–Crippen LogP) is 3.85. The van der Waals surface area contributed by atoms with Crippen molar-refractivity contribution in [1.82, 2.24) is 15.3 Å². The van der Waals surface area contributed by atoms with Crippen molar-refractivity contribution >= 4 is 16.8 Å². The summed E-state index contributed by atoms with van der Waals surface area (Å²) >= 11 is 0. The fourth-order valence-electron chi connectivity index (χ4n) is 4.04. The second kappa shape index (κ2) is 8.79. The lowest BCUT2D eigenvalue weighted by molar-refractivity contribution is -0.119. The number of benzene rings is 1. The molecule has 1 aliphatic rings. The molecule has 0 bridgehead atoms. The van der Waals surface area contributed by atoms with E-state index in [1.165, 1.54) is 0 Å². The summed E-state index contributed by atoms with van der Waals surface area (Å²) in [5.41, 5.74) is 2.39. The molecule has 3 heterocycles. The minimum Gasteiger partial charge on any atom is -0.493 e. The first kappa shape index (κ1) is 20.9. The van der Waals surface area contributed by atoms with E-state index in [-0.39, 0.29) is 23.8 Å². The van der Waals surface area contributed by atoms with Crippen LogP contribution in [0.1, 0.15) is 20.3 Å². The molecule has 1 amide bonds. The molecule has 7 heteroatoms. The molecule has 7 nitrogen and oxygen atoms in total. The molecule has 2 aromatic heterocycles. The van der Waals surface area contributed by atoms with Gasteiger partial charge >= 0.3 is 0 Å². The summed E-state index contributed by atoms with van der Waals surface area (Å²) in [5.74, 6) is 2.19. The van der Waals surface area contributed by atoms with E-state index in [0.29, 0.717) is 30.3 Å². The number of methoxy groups -OCH3 is 2. The monoisotopic (exact) mass is 421 g/mol. The zero-order valence-electron chi connectivity index (χ0n) is 18.2. The molecular weight excluding hydrogens is 394 g/mol. The largest absolute Gasteiger partial charge is 0.493 e. The quantitative estimate of drug-likeness (QED) is 0.624. The van der Waals surface area contributed by atoms with Crippen LogP contribution in [-0.4, -0.2) is 42.7 Å². The first-order valence-electron chi connectivity index (χ1n) is 10.4. The second-order valence-corrected chi connectivity index (χ2v) is 8.05. The maximum Gasteiger partial charge on any atom is 0.223 e. The summed E-state index contributed by atoms with van der Waals surface area (Å²) in [6.07, 6.45) is 2.08. The fraction of sp³-hybridized carbons (Fsp3) is 0.375. The van der Waals surface area contributed by atoms with Crippen molar-refractivity contribution in [3.05, 3.63) is 42.6 Å². The van der Waals surface area contributed by atoms with Crippen LogP contribution >= 0.6 is 0 Å². The van der Waals surface area contributed by atoms with Crippen molar-refractivity contribution in [2.45, 2.75) is 26.4 Å². The first-order chi connectivity index (χ1) is 15.0. The van der Waals surface area contributed by atoms with Crippen molar-refractivity contribution in [3.63, 3.8) is 0 Å². The van der Waals surface area contributed by atoms with Crippen molar-refractivity contribution in [1.29, 1.82) is 0 Å². The van der Waals surface area contributed by atoms with Crippen LogP contribution < -0.4 is 19.5 Å². The zero-order valence-corrected chi connectivity index (χ0v) is 18.2. The summed E-state index contributed by atoms with van der Waals surface area (Å²) in [7, 11) is 3.21. The SMILES string of the molecule is COc1ccc(-c2cc3ncccc3c(OC(C(C)C)C3CNC(=O)C3)n2)cc1OC. The molecule has 1 saturated heterocycles. The molecule has 0 radical (unpaired) electrons. The lowest BCUT2D eigenvalue weighted by atomic mass is 9.92. The van der Waals surface area contributed by atoms with Gasteiger partial charge in [0.05, 0.1) is 30.8 Å². The molecule has 1 aliphatic heterocycles. The fourth-order valence-corrected chi connectivity index (χ4v) is 4.04. The summed E-state index contributed by atoms with van der Waals surface area (Å²) < 4.78 is 17.3. The van der Waals surface area contributed by atoms with E-state index in [1.54, 1.807) is 20.4 Å². The number of hydrogen-bond acceptors (Lipinski definition) is 6. The number of rotatable bonds is 7. The number of nitrogens with one attached hydrogen (secondary N) is 1. The number of aromatic nitrogens is 2. The predicted molar refractivity (Wildman–Crippen MR) is 118 cm³/mol. The second-order valence-electron chi connectivity index (χ2n) is 8.05. The molecule has 2 unspecified atom stereocenters. The number of hydrogen-bond donors (Lipinski definition) is 1. The number of carbonyl (C=O) groups excluding carboxylic acids is 1. The van der Waals surface area contributed by atoms with Crippen LogP contribution in [0.25, 0.3) is 22.2 Å². The summed E-state index contributed by atoms with van der Waals surface area (Å²) in [4.78, 5) is 21.2. The minimum atomic E-state index is -0.143. The third-order valence-corrected chi connectivity index (χ3v) is 5.62. The van der Waals surface area contributed by atoms with E-state index < -0.39 is 0 Å². The van der Waals surface area contributed by atoms with E-state index in [9.17, 15) is 4.79 Å². The number of carbonyl (C=O) groups is 1. The average molecular weight is 421 g/mol. The van der Waals surface area contributed by atoms with Crippen molar-refractivity contribution in [3.8, 4) is 28.6 Å². The smallest absolute Gasteiger partial charge is 0.223 e. The Kier molecular flexibility index (Phi) is 5.93. The number of pyridine rings is 2. The van der Waals surface area contributed by atoms with Crippen LogP contribution in [0.15, 0.2) is 42.6 Å². The molecule has 1 fully saturated rings. The zero-order chi connectivity index (χ0) is 22.0. The Hall–Kier alpha value is -3.35. The Morgan fingerprint density at radius 1 is 1.10 bits per heavy atom. The molecule has 3 aromatic rings. The normalized spacial score (nSPS) is 16.9. The summed E-state index contributed by atoms with van der Waals surface area (Å²) in [6.45, 7) is 4.82. The molecule has 1 aromatic carbocycles. The van der Waals surface area contributed by atoms with Crippen LogP contribution in [0.3, 0.4) is 0 Å². The Bertz CT molecular complexity index is 1100. The number of amides is 1. The third kappa shape index (κ3) is 4.26. The van der Waals surface area contributed by atoms with Crippen LogP contribution in [0.2, 0.25) is 0 Å². The molecule has 0 spiro atoms. The van der Waals surface area contributed by atoms with Gasteiger partial charge in [0.15, 0.2) is 11.5 Å². The van der Waals surface area contributed by atoms with Gasteiger partial charge in [-0.3, -0.25) is 9.78 Å². The van der Waals surface area contributed by atoms with Gasteiger partial charge in [0.2, 0.25) is 11.8 Å². The van der Waals surface area contributed by atoms with Gasteiger partial charge in [0.25, 0.3) is 0 Å². The van der Waals surface area contributed by atoms with E-state index in [2.05, 4.69) is 24.1 Å². The van der Waals surface area contributed by atoms with E-state index in [4.69, 9.17) is 19.2 Å². The van der Waals surface area contributed by atoms with Crippen molar-refractivity contribution < 1.29 is 19.0 Å². The number of ether oxygens (including phenoxy) is 3. The van der Waals surface area contributed by atoms with Gasteiger partial charge < -0.3 is 19.5 Å². The van der Waals surface area contributed by atoms with Gasteiger partial charge in [-0.25, -0.2) is 4.98 Å². The Labute approximate surface area is 181 Å². The van der Waals surface area contributed by atoms with Crippen LogP contribution in [-0.2, 0) is 4.79 Å². The van der Waals surface area contributed by atoms with Gasteiger partial charge in [0.1, 0.15) is 6.10 Å². The lowest BCUT2D eigenvalue weighted by Gasteiger charge is -2.27. The Morgan fingerprint density at radius 3 is 2.58 bits per heavy atom. The van der Waals surface area contributed by atoms with E-state index in [0.717, 1.165) is 22.2 Å². The molecule has 0 aliphatic carbocycles. The van der Waals surface area contributed by atoms with Gasteiger partial charge in [-0.15, -0.1) is 0 Å². The lowest BCUT2D eigenvalue weighted by Crippen LogP contribution is -2.34. The maximum absolute atomic E-state index is 11.8. The van der Waals surface area contributed by atoms with Gasteiger partial charge in [-0.05, 0) is 42.3 Å². The molecule has 162 valence electrons. The third-order valence-electron chi connectivity index (χ3n) is 5.62. The number of nitrogens with zero attached hydrogens (tertiary/aromatic N) is 2. The summed E-state index contributed by atoms with van der Waals surface area (Å²) in [6, 6.07) is 11.4. The highest BCUT2D eigenvalue weighted by Crippen LogP contribution is 2.35. The number of fused-ring (bicyclic) bond motifs is 1. The van der Waals surface area contributed by atoms with E-state index in [1.807, 2.05) is 36.4 Å². The Balaban J connectivity index is 1.77. The minimum absolute atomic E-state index is 0.0674. The highest BCUT2D eigenvalue weighted by molar-refractivity contribution is 5.87. The standard InChI is InChI=1S/C24H27N3O4/c1-14(2)23(16-11-22(28)26-13-16)31-24-17-6-5-9-25-19(17)12-18(27-24)15-7-8-20(29-3)21(10-15)30-4/h5-10,12,14,16,23H,11,13H2,1-4H3,(H,26,28). The maximum atomic E-state index is 11.8. The van der Waals surface area contributed by atoms with Gasteiger partial charge in [-0.2, -0.15) is 0 Å². The van der Waals surface area contributed by atoms with Crippen LogP contribution in [0.4, 0.5) is 0 Å². The van der Waals surface area contributed by atoms with E-state index >= 15 is 0 Å². The molecule has 4 rings (SSSR count). The van der Waals surface area contributed by atoms with Gasteiger partial charge in [-0.1, -0.05) is 13.8 Å². The molecular formula is C24H27N3O4. The van der Waals surface area contributed by atoms with Crippen LogP contribution in [0.5, 0.6) is 17.4 Å². The highest BCUT2D eigenvalue weighted by Gasteiger charge is 2.33. The van der Waals surface area contributed by atoms with Crippen molar-refractivity contribution in [2.75, 3.05) is 20.8 Å². The summed E-state index contributed by atoms with van der Waals surface area (Å²) in [5, 5.41) is 3.75. The molecule has 0 saturated carbocycles.